The predicted molar refractivity (Wildman–Crippen MR) is 87.3 cm³/mol. The lowest BCUT2D eigenvalue weighted by Gasteiger charge is -2.21. The Morgan fingerprint density at radius 3 is 2.19 bits per heavy atom. The van der Waals surface area contributed by atoms with Crippen LogP contribution in [0.1, 0.15) is 50.4 Å². The molecule has 1 heterocycles. The summed E-state index contributed by atoms with van der Waals surface area (Å²) in [5.74, 6) is 0. The lowest BCUT2D eigenvalue weighted by Crippen LogP contribution is -2.23. The first-order valence-corrected chi connectivity index (χ1v) is 7.58. The van der Waals surface area contributed by atoms with Gasteiger partial charge in [-0.25, -0.2) is 9.97 Å². The van der Waals surface area contributed by atoms with Crippen molar-refractivity contribution < 1.29 is 0 Å². The molecule has 3 heteroatoms. The normalized spacial score (nSPS) is 13.1. The molecule has 2 rings (SSSR count). The summed E-state index contributed by atoms with van der Waals surface area (Å²) in [4.78, 5) is 8.25. The lowest BCUT2D eigenvalue weighted by molar-refractivity contribution is 0.545. The summed E-state index contributed by atoms with van der Waals surface area (Å²) < 4.78 is 0. The Bertz CT molecular complexity index is 541. The lowest BCUT2D eigenvalue weighted by atomic mass is 9.86. The molecule has 0 spiro atoms. The van der Waals surface area contributed by atoms with E-state index < -0.39 is 0 Å². The molecule has 0 saturated carbocycles. The summed E-state index contributed by atoms with van der Waals surface area (Å²) in [6.45, 7) is 9.78. The van der Waals surface area contributed by atoms with Gasteiger partial charge in [-0.2, -0.15) is 0 Å². The molecule has 0 radical (unpaired) electrons. The van der Waals surface area contributed by atoms with E-state index in [1.165, 1.54) is 11.1 Å². The Labute approximate surface area is 127 Å². The minimum absolute atomic E-state index is 0.201. The van der Waals surface area contributed by atoms with E-state index in [0.717, 1.165) is 18.5 Å². The Morgan fingerprint density at radius 2 is 1.67 bits per heavy atom. The first-order valence-electron chi connectivity index (χ1n) is 7.58. The molecular formula is C18H25N3. The summed E-state index contributed by atoms with van der Waals surface area (Å²) >= 11 is 0. The predicted octanol–water partition coefficient (Wildman–Crippen LogP) is 3.67. The maximum absolute atomic E-state index is 4.12. The van der Waals surface area contributed by atoms with Crippen LogP contribution in [0.2, 0.25) is 0 Å². The summed E-state index contributed by atoms with van der Waals surface area (Å²) in [5, 5.41) is 3.51. The van der Waals surface area contributed by atoms with Crippen molar-refractivity contribution in [3.8, 4) is 0 Å². The van der Waals surface area contributed by atoms with Crippen molar-refractivity contribution in [3.63, 3.8) is 0 Å². The summed E-state index contributed by atoms with van der Waals surface area (Å²) in [6.07, 6.45) is 6.31. The zero-order chi connectivity index (χ0) is 15.3. The number of rotatable bonds is 5. The van der Waals surface area contributed by atoms with Gasteiger partial charge in [0, 0.05) is 24.0 Å². The van der Waals surface area contributed by atoms with Gasteiger partial charge in [0.1, 0.15) is 6.33 Å². The maximum Gasteiger partial charge on any atom is 0.115 e. The number of hydrogen-bond acceptors (Lipinski definition) is 3. The van der Waals surface area contributed by atoms with E-state index in [9.17, 15) is 0 Å². The molecule has 0 fully saturated rings. The van der Waals surface area contributed by atoms with Gasteiger partial charge in [-0.3, -0.25) is 0 Å². The second-order valence-electron chi connectivity index (χ2n) is 6.43. The van der Waals surface area contributed by atoms with Crippen LogP contribution < -0.4 is 5.32 Å². The molecule has 1 aromatic carbocycles. The maximum atomic E-state index is 4.12. The highest BCUT2D eigenvalue weighted by molar-refractivity contribution is 5.29. The van der Waals surface area contributed by atoms with E-state index in [1.807, 2.05) is 12.4 Å². The fraction of sp³-hybridized carbons (Fsp3) is 0.444. The minimum Gasteiger partial charge on any atom is -0.310 e. The van der Waals surface area contributed by atoms with Crippen LogP contribution in [0.4, 0.5) is 0 Å². The van der Waals surface area contributed by atoms with Gasteiger partial charge >= 0.3 is 0 Å². The largest absolute Gasteiger partial charge is 0.310 e. The van der Waals surface area contributed by atoms with Crippen LogP contribution in [-0.2, 0) is 11.8 Å². The van der Waals surface area contributed by atoms with Gasteiger partial charge in [0.25, 0.3) is 0 Å². The number of benzene rings is 1. The molecule has 2 aromatic rings. The Balaban J connectivity index is 2.14. The summed E-state index contributed by atoms with van der Waals surface area (Å²) in [7, 11) is 0. The van der Waals surface area contributed by atoms with Crippen molar-refractivity contribution in [3.05, 3.63) is 59.7 Å². The highest BCUT2D eigenvalue weighted by Crippen LogP contribution is 2.24. The number of nitrogens with zero attached hydrogens (tertiary/aromatic N) is 2. The van der Waals surface area contributed by atoms with E-state index in [-0.39, 0.29) is 11.5 Å². The van der Waals surface area contributed by atoms with Gasteiger partial charge < -0.3 is 5.32 Å². The van der Waals surface area contributed by atoms with Crippen LogP contribution in [-0.4, -0.2) is 16.5 Å². The van der Waals surface area contributed by atoms with E-state index in [4.69, 9.17) is 0 Å². The summed E-state index contributed by atoms with van der Waals surface area (Å²) in [6, 6.07) is 9.19. The highest BCUT2D eigenvalue weighted by atomic mass is 14.9. The van der Waals surface area contributed by atoms with Gasteiger partial charge in [0.05, 0.1) is 0 Å². The zero-order valence-electron chi connectivity index (χ0n) is 13.4. The Hall–Kier alpha value is -1.74. The van der Waals surface area contributed by atoms with Gasteiger partial charge in [-0.15, -0.1) is 0 Å². The van der Waals surface area contributed by atoms with Crippen molar-refractivity contribution in [1.29, 1.82) is 0 Å². The fourth-order valence-electron chi connectivity index (χ4n) is 2.42. The molecule has 0 amide bonds. The molecule has 1 unspecified atom stereocenters. The first kappa shape index (κ1) is 15.6. The first-order chi connectivity index (χ1) is 10.0. The van der Waals surface area contributed by atoms with Gasteiger partial charge in [0.15, 0.2) is 0 Å². The second kappa shape index (κ2) is 6.81. The van der Waals surface area contributed by atoms with Crippen LogP contribution in [0.25, 0.3) is 0 Å². The topological polar surface area (TPSA) is 37.8 Å². The number of aromatic nitrogens is 2. The molecule has 1 aromatic heterocycles. The molecule has 0 aliphatic rings. The molecule has 0 bridgehead atoms. The number of likely N-dealkylation sites (N-methyl/N-ethyl adjacent to an activating group) is 1. The second-order valence-corrected chi connectivity index (χ2v) is 6.43. The molecule has 0 aliphatic heterocycles. The highest BCUT2D eigenvalue weighted by Gasteiger charge is 2.15. The van der Waals surface area contributed by atoms with Crippen molar-refractivity contribution in [2.75, 3.05) is 6.54 Å². The SMILES string of the molecule is CCNC(Cc1ccc(C(C)(C)C)cc1)c1cncnc1. The average Bonchev–Trinajstić information content (AvgIpc) is 2.47. The molecular weight excluding hydrogens is 258 g/mol. The van der Waals surface area contributed by atoms with Crippen LogP contribution in [0, 0.1) is 0 Å². The molecule has 0 saturated heterocycles. The van der Waals surface area contributed by atoms with Crippen molar-refractivity contribution in [2.24, 2.45) is 0 Å². The molecule has 112 valence electrons. The van der Waals surface area contributed by atoms with E-state index in [2.05, 4.69) is 67.2 Å². The van der Waals surface area contributed by atoms with Crippen LogP contribution in [0.3, 0.4) is 0 Å². The number of hydrogen-bond donors (Lipinski definition) is 1. The van der Waals surface area contributed by atoms with E-state index in [0.29, 0.717) is 0 Å². The number of nitrogens with one attached hydrogen (secondary N) is 1. The molecule has 0 aliphatic carbocycles. The smallest absolute Gasteiger partial charge is 0.115 e. The van der Waals surface area contributed by atoms with Gasteiger partial charge in [-0.05, 0) is 29.5 Å². The molecule has 1 atom stereocenters. The monoisotopic (exact) mass is 283 g/mol. The Kier molecular flexibility index (Phi) is 5.07. The third-order valence-corrected chi connectivity index (χ3v) is 3.69. The van der Waals surface area contributed by atoms with Crippen LogP contribution in [0.5, 0.6) is 0 Å². The van der Waals surface area contributed by atoms with Gasteiger partial charge in [0.2, 0.25) is 0 Å². The van der Waals surface area contributed by atoms with Gasteiger partial charge in [-0.1, -0.05) is 52.0 Å². The third kappa shape index (κ3) is 4.36. The van der Waals surface area contributed by atoms with Crippen molar-refractivity contribution >= 4 is 0 Å². The third-order valence-electron chi connectivity index (χ3n) is 3.69. The molecule has 21 heavy (non-hydrogen) atoms. The average molecular weight is 283 g/mol. The molecule has 1 N–H and O–H groups in total. The fourth-order valence-corrected chi connectivity index (χ4v) is 2.42. The zero-order valence-corrected chi connectivity index (χ0v) is 13.4. The quantitative estimate of drug-likeness (QED) is 0.910. The van der Waals surface area contributed by atoms with Crippen molar-refractivity contribution in [2.45, 2.75) is 45.6 Å². The molecule has 3 nitrogen and oxygen atoms in total. The van der Waals surface area contributed by atoms with Crippen molar-refractivity contribution in [1.82, 2.24) is 15.3 Å². The Morgan fingerprint density at radius 1 is 1.05 bits per heavy atom. The minimum atomic E-state index is 0.201. The van der Waals surface area contributed by atoms with Crippen LogP contribution >= 0.6 is 0 Å². The van der Waals surface area contributed by atoms with Crippen LogP contribution in [0.15, 0.2) is 43.0 Å². The van der Waals surface area contributed by atoms with E-state index in [1.54, 1.807) is 6.33 Å². The van der Waals surface area contributed by atoms with E-state index >= 15 is 0 Å². The standard InChI is InChI=1S/C18H25N3/c1-5-21-17(15-11-19-13-20-12-15)10-14-6-8-16(9-7-14)18(2,3)4/h6-9,11-13,17,21H,5,10H2,1-4H3. The summed E-state index contributed by atoms with van der Waals surface area (Å²) in [5.41, 5.74) is 4.04.